The SMILES string of the molecule is Cc1cc(C)cc(S(=O)(=O)NC2(CO)CCC2)c1. The lowest BCUT2D eigenvalue weighted by atomic mass is 9.78. The molecule has 0 aliphatic heterocycles. The molecule has 5 heteroatoms. The van der Waals surface area contributed by atoms with Crippen molar-refractivity contribution in [3.8, 4) is 0 Å². The van der Waals surface area contributed by atoms with E-state index in [4.69, 9.17) is 0 Å². The topological polar surface area (TPSA) is 66.4 Å². The van der Waals surface area contributed by atoms with E-state index in [1.54, 1.807) is 12.1 Å². The van der Waals surface area contributed by atoms with Gasteiger partial charge < -0.3 is 5.11 Å². The maximum absolute atomic E-state index is 12.3. The second-order valence-electron chi connectivity index (χ2n) is 5.22. The molecule has 100 valence electrons. The second kappa shape index (κ2) is 4.64. The molecular weight excluding hydrogens is 250 g/mol. The number of rotatable bonds is 4. The van der Waals surface area contributed by atoms with Gasteiger partial charge in [0.05, 0.1) is 17.0 Å². The Bertz CT molecular complexity index is 522. The largest absolute Gasteiger partial charge is 0.394 e. The maximum Gasteiger partial charge on any atom is 0.241 e. The summed E-state index contributed by atoms with van der Waals surface area (Å²) in [6, 6.07) is 5.24. The van der Waals surface area contributed by atoms with Crippen LogP contribution in [-0.4, -0.2) is 25.7 Å². The van der Waals surface area contributed by atoms with Gasteiger partial charge in [-0.25, -0.2) is 13.1 Å². The second-order valence-corrected chi connectivity index (χ2v) is 6.90. The first-order chi connectivity index (χ1) is 8.37. The summed E-state index contributed by atoms with van der Waals surface area (Å²) >= 11 is 0. The van der Waals surface area contributed by atoms with E-state index in [1.165, 1.54) is 0 Å². The summed E-state index contributed by atoms with van der Waals surface area (Å²) in [6.07, 6.45) is 2.36. The number of benzene rings is 1. The summed E-state index contributed by atoms with van der Waals surface area (Å²) in [7, 11) is -3.55. The van der Waals surface area contributed by atoms with Gasteiger partial charge in [0, 0.05) is 0 Å². The molecule has 1 aliphatic carbocycles. The van der Waals surface area contributed by atoms with Crippen LogP contribution in [-0.2, 0) is 10.0 Å². The van der Waals surface area contributed by atoms with E-state index in [2.05, 4.69) is 4.72 Å². The molecule has 1 aromatic rings. The van der Waals surface area contributed by atoms with E-state index in [9.17, 15) is 13.5 Å². The minimum atomic E-state index is -3.55. The van der Waals surface area contributed by atoms with Crippen molar-refractivity contribution < 1.29 is 13.5 Å². The lowest BCUT2D eigenvalue weighted by Crippen LogP contribution is -2.55. The average molecular weight is 269 g/mol. The lowest BCUT2D eigenvalue weighted by Gasteiger charge is -2.40. The number of hydrogen-bond donors (Lipinski definition) is 2. The number of aliphatic hydroxyl groups is 1. The van der Waals surface area contributed by atoms with Gasteiger partial charge >= 0.3 is 0 Å². The Morgan fingerprint density at radius 2 is 1.78 bits per heavy atom. The lowest BCUT2D eigenvalue weighted by molar-refractivity contribution is 0.110. The zero-order valence-electron chi connectivity index (χ0n) is 10.7. The van der Waals surface area contributed by atoms with Crippen LogP contribution in [0.1, 0.15) is 30.4 Å². The van der Waals surface area contributed by atoms with E-state index in [1.807, 2.05) is 19.9 Å². The van der Waals surface area contributed by atoms with Gasteiger partial charge in [-0.15, -0.1) is 0 Å². The zero-order valence-corrected chi connectivity index (χ0v) is 11.5. The van der Waals surface area contributed by atoms with E-state index in [0.29, 0.717) is 12.8 Å². The minimum Gasteiger partial charge on any atom is -0.394 e. The zero-order chi connectivity index (χ0) is 13.4. The van der Waals surface area contributed by atoms with Crippen LogP contribution in [0, 0.1) is 13.8 Å². The number of aryl methyl sites for hydroxylation is 2. The predicted octanol–water partition coefficient (Wildman–Crippen LogP) is 1.50. The average Bonchev–Trinajstić information content (AvgIpc) is 2.22. The van der Waals surface area contributed by atoms with Crippen LogP contribution in [0.15, 0.2) is 23.1 Å². The predicted molar refractivity (Wildman–Crippen MR) is 69.9 cm³/mol. The summed E-state index contributed by atoms with van der Waals surface area (Å²) in [5.41, 5.74) is 1.19. The monoisotopic (exact) mass is 269 g/mol. The van der Waals surface area contributed by atoms with Crippen molar-refractivity contribution in [1.82, 2.24) is 4.72 Å². The molecule has 0 radical (unpaired) electrons. The molecule has 2 rings (SSSR count). The molecule has 0 unspecified atom stereocenters. The molecule has 2 N–H and O–H groups in total. The molecule has 0 heterocycles. The third-order valence-corrected chi connectivity index (χ3v) is 5.03. The van der Waals surface area contributed by atoms with E-state index < -0.39 is 15.6 Å². The third-order valence-electron chi connectivity index (χ3n) is 3.47. The smallest absolute Gasteiger partial charge is 0.241 e. The summed E-state index contributed by atoms with van der Waals surface area (Å²) in [6.45, 7) is 3.60. The molecule has 0 amide bonds. The van der Waals surface area contributed by atoms with Crippen LogP contribution >= 0.6 is 0 Å². The first kappa shape index (κ1) is 13.5. The standard InChI is InChI=1S/C13H19NO3S/c1-10-6-11(2)8-12(7-10)18(16,17)14-13(9-15)4-3-5-13/h6-8,14-15H,3-5,9H2,1-2H3. The Labute approximate surface area is 108 Å². The Hall–Kier alpha value is -0.910. The van der Waals surface area contributed by atoms with Gasteiger partial charge in [0.2, 0.25) is 10.0 Å². The van der Waals surface area contributed by atoms with Crippen LogP contribution in [0.4, 0.5) is 0 Å². The minimum absolute atomic E-state index is 0.142. The van der Waals surface area contributed by atoms with E-state index in [-0.39, 0.29) is 11.5 Å². The highest BCUT2D eigenvalue weighted by molar-refractivity contribution is 7.89. The highest BCUT2D eigenvalue weighted by Gasteiger charge is 2.40. The fourth-order valence-corrected chi connectivity index (χ4v) is 3.97. The van der Waals surface area contributed by atoms with Crippen molar-refractivity contribution in [2.24, 2.45) is 0 Å². The molecule has 0 bridgehead atoms. The molecule has 4 nitrogen and oxygen atoms in total. The number of hydrogen-bond acceptors (Lipinski definition) is 3. The normalized spacial score (nSPS) is 18.4. The van der Waals surface area contributed by atoms with Gasteiger partial charge in [-0.1, -0.05) is 6.07 Å². The molecule has 1 aromatic carbocycles. The summed E-state index contributed by atoms with van der Waals surface area (Å²) in [4.78, 5) is 0.278. The van der Waals surface area contributed by atoms with Crippen molar-refractivity contribution in [1.29, 1.82) is 0 Å². The Kier molecular flexibility index (Phi) is 3.49. The molecule has 1 fully saturated rings. The number of nitrogens with one attached hydrogen (secondary N) is 1. The van der Waals surface area contributed by atoms with Crippen LogP contribution < -0.4 is 4.72 Å². The van der Waals surface area contributed by atoms with Gasteiger partial charge in [-0.3, -0.25) is 0 Å². The quantitative estimate of drug-likeness (QED) is 0.870. The van der Waals surface area contributed by atoms with Gasteiger partial charge in [0.15, 0.2) is 0 Å². The fourth-order valence-electron chi connectivity index (χ4n) is 2.33. The van der Waals surface area contributed by atoms with Crippen molar-refractivity contribution in [3.63, 3.8) is 0 Å². The molecule has 0 aromatic heterocycles. The molecule has 0 atom stereocenters. The van der Waals surface area contributed by atoms with Gasteiger partial charge in [-0.05, 0) is 56.4 Å². The van der Waals surface area contributed by atoms with Crippen molar-refractivity contribution >= 4 is 10.0 Å². The molecular formula is C13H19NO3S. The number of aliphatic hydroxyl groups excluding tert-OH is 1. The molecule has 1 saturated carbocycles. The summed E-state index contributed by atoms with van der Waals surface area (Å²) < 4.78 is 27.2. The fraction of sp³-hybridized carbons (Fsp3) is 0.538. The first-order valence-corrected chi connectivity index (χ1v) is 7.58. The van der Waals surface area contributed by atoms with Crippen LogP contribution in [0.25, 0.3) is 0 Å². The van der Waals surface area contributed by atoms with Crippen molar-refractivity contribution in [3.05, 3.63) is 29.3 Å². The molecule has 0 saturated heterocycles. The van der Waals surface area contributed by atoms with Gasteiger partial charge in [-0.2, -0.15) is 0 Å². The summed E-state index contributed by atoms with van der Waals surface area (Å²) in [5.74, 6) is 0. The summed E-state index contributed by atoms with van der Waals surface area (Å²) in [5, 5.41) is 9.33. The Balaban J connectivity index is 2.30. The Morgan fingerprint density at radius 3 is 2.17 bits per heavy atom. The molecule has 18 heavy (non-hydrogen) atoms. The third kappa shape index (κ3) is 2.58. The molecule has 0 spiro atoms. The van der Waals surface area contributed by atoms with Crippen LogP contribution in [0.3, 0.4) is 0 Å². The van der Waals surface area contributed by atoms with Crippen molar-refractivity contribution in [2.45, 2.75) is 43.5 Å². The van der Waals surface area contributed by atoms with Gasteiger partial charge in [0.25, 0.3) is 0 Å². The highest BCUT2D eigenvalue weighted by atomic mass is 32.2. The first-order valence-electron chi connectivity index (χ1n) is 6.10. The van der Waals surface area contributed by atoms with Crippen LogP contribution in [0.5, 0.6) is 0 Å². The molecule has 1 aliphatic rings. The van der Waals surface area contributed by atoms with Crippen LogP contribution in [0.2, 0.25) is 0 Å². The van der Waals surface area contributed by atoms with Crippen molar-refractivity contribution in [2.75, 3.05) is 6.61 Å². The highest BCUT2D eigenvalue weighted by Crippen LogP contribution is 2.33. The maximum atomic E-state index is 12.3. The van der Waals surface area contributed by atoms with E-state index in [0.717, 1.165) is 17.5 Å². The van der Waals surface area contributed by atoms with E-state index >= 15 is 0 Å². The number of sulfonamides is 1. The van der Waals surface area contributed by atoms with Gasteiger partial charge in [0.1, 0.15) is 0 Å². The Morgan fingerprint density at radius 1 is 1.22 bits per heavy atom.